The zero-order valence-electron chi connectivity index (χ0n) is 15.7. The first-order chi connectivity index (χ1) is 14.0. The minimum Gasteiger partial charge on any atom is -0.335 e. The fourth-order valence-electron chi connectivity index (χ4n) is 4.27. The third-order valence-electron chi connectivity index (χ3n) is 5.79. The van der Waals surface area contributed by atoms with E-state index in [0.29, 0.717) is 16.9 Å². The second kappa shape index (κ2) is 6.45. The van der Waals surface area contributed by atoms with Crippen molar-refractivity contribution in [2.24, 2.45) is 0 Å². The molecule has 3 N–H and O–H groups in total. The number of carbonyl (C=O) groups is 1. The summed E-state index contributed by atoms with van der Waals surface area (Å²) in [5.74, 6) is 0.0886. The zero-order valence-corrected chi connectivity index (χ0v) is 16.5. The Morgan fingerprint density at radius 2 is 2.00 bits per heavy atom. The molecule has 1 amide bonds. The molecule has 11 heteroatoms. The first-order valence-corrected chi connectivity index (χ1v) is 9.81. The van der Waals surface area contributed by atoms with Crippen LogP contribution in [0.1, 0.15) is 42.6 Å². The molecule has 3 aromatic rings. The van der Waals surface area contributed by atoms with Crippen LogP contribution in [0.2, 0.25) is 5.02 Å². The van der Waals surface area contributed by atoms with Crippen molar-refractivity contribution in [3.63, 3.8) is 0 Å². The van der Waals surface area contributed by atoms with Gasteiger partial charge in [0.25, 0.3) is 11.5 Å². The molecule has 0 aromatic carbocycles. The highest BCUT2D eigenvalue weighted by molar-refractivity contribution is 6.34. The molecule has 1 fully saturated rings. The van der Waals surface area contributed by atoms with Crippen LogP contribution in [-0.4, -0.2) is 43.5 Å². The van der Waals surface area contributed by atoms with E-state index in [1.54, 1.807) is 6.20 Å². The van der Waals surface area contributed by atoms with E-state index in [4.69, 9.17) is 11.6 Å². The van der Waals surface area contributed by atoms with E-state index in [-0.39, 0.29) is 27.9 Å². The summed E-state index contributed by atoms with van der Waals surface area (Å²) in [6.45, 7) is 0. The van der Waals surface area contributed by atoms with Crippen molar-refractivity contribution in [3.05, 3.63) is 39.7 Å². The van der Waals surface area contributed by atoms with Gasteiger partial charge in [0, 0.05) is 7.05 Å². The average Bonchev–Trinajstić information content (AvgIpc) is 3.19. The molecule has 0 saturated heterocycles. The van der Waals surface area contributed by atoms with Gasteiger partial charge in [0.05, 0.1) is 16.6 Å². The van der Waals surface area contributed by atoms with Gasteiger partial charge in [-0.25, -0.2) is 14.6 Å². The lowest BCUT2D eigenvalue weighted by molar-refractivity contribution is 0.0775. The van der Waals surface area contributed by atoms with Crippen LogP contribution >= 0.6 is 11.6 Å². The Hall–Kier alpha value is -3.14. The number of anilines is 2. The smallest absolute Gasteiger partial charge is 0.293 e. The summed E-state index contributed by atoms with van der Waals surface area (Å²) in [5, 5.41) is 15.5. The second-order valence-corrected chi connectivity index (χ2v) is 7.83. The molecular weight excluding hydrogens is 396 g/mol. The molecule has 0 radical (unpaired) electrons. The van der Waals surface area contributed by atoms with Crippen molar-refractivity contribution in [1.29, 1.82) is 0 Å². The predicted octanol–water partition coefficient (Wildman–Crippen LogP) is 1.88. The Balaban J connectivity index is 1.63. The highest BCUT2D eigenvalue weighted by Crippen LogP contribution is 2.34. The number of hydrogen-bond acceptors (Lipinski definition) is 7. The molecule has 0 bridgehead atoms. The van der Waals surface area contributed by atoms with Crippen molar-refractivity contribution >= 4 is 40.0 Å². The van der Waals surface area contributed by atoms with Gasteiger partial charge in [0.1, 0.15) is 29.2 Å². The van der Waals surface area contributed by atoms with E-state index in [0.717, 1.165) is 32.1 Å². The van der Waals surface area contributed by atoms with Crippen molar-refractivity contribution < 1.29 is 4.79 Å². The number of halogens is 1. The third-order valence-corrected chi connectivity index (χ3v) is 6.08. The molecule has 3 aromatic heterocycles. The monoisotopic (exact) mass is 414 g/mol. The minimum atomic E-state index is -0.582. The molecule has 5 rings (SSSR count). The molecular formula is C18H19ClN8O2. The highest BCUT2D eigenvalue weighted by Gasteiger charge is 2.44. The van der Waals surface area contributed by atoms with Gasteiger partial charge in [-0.1, -0.05) is 18.0 Å². The summed E-state index contributed by atoms with van der Waals surface area (Å²) in [5.41, 5.74) is -0.0586. The third kappa shape index (κ3) is 2.66. The Kier molecular flexibility index (Phi) is 3.98. The summed E-state index contributed by atoms with van der Waals surface area (Å²) >= 11 is 6.43. The second-order valence-electron chi connectivity index (χ2n) is 7.42. The molecule has 4 heterocycles. The molecule has 29 heavy (non-hydrogen) atoms. The lowest BCUT2D eigenvalue weighted by Crippen LogP contribution is -2.70. The maximum atomic E-state index is 13.4. The SMILES string of the molecule is CN1n2c(c(Cl)cc(Nc3ncnc4[nH]ncc34)c2=O)C(=O)NC12CCCCC2. The van der Waals surface area contributed by atoms with Gasteiger partial charge in [-0.3, -0.25) is 19.7 Å². The van der Waals surface area contributed by atoms with Crippen LogP contribution in [0.15, 0.2) is 23.4 Å². The van der Waals surface area contributed by atoms with Crippen LogP contribution in [0.3, 0.4) is 0 Å². The van der Waals surface area contributed by atoms with Crippen molar-refractivity contribution in [2.45, 2.75) is 37.8 Å². The number of nitrogens with one attached hydrogen (secondary N) is 3. The predicted molar refractivity (Wildman–Crippen MR) is 108 cm³/mol. The number of aromatic amines is 1. The molecule has 2 aliphatic rings. The first kappa shape index (κ1) is 17.9. The molecule has 1 aliphatic heterocycles. The maximum Gasteiger partial charge on any atom is 0.293 e. The summed E-state index contributed by atoms with van der Waals surface area (Å²) in [6, 6.07) is 1.45. The number of hydrogen-bond donors (Lipinski definition) is 3. The topological polar surface area (TPSA) is 121 Å². The highest BCUT2D eigenvalue weighted by atomic mass is 35.5. The Morgan fingerprint density at radius 1 is 1.21 bits per heavy atom. The van der Waals surface area contributed by atoms with Gasteiger partial charge in [0.15, 0.2) is 5.65 Å². The molecule has 10 nitrogen and oxygen atoms in total. The molecule has 0 atom stereocenters. The number of carbonyl (C=O) groups excluding carboxylic acids is 1. The van der Waals surface area contributed by atoms with Gasteiger partial charge in [-0.2, -0.15) is 5.10 Å². The summed E-state index contributed by atoms with van der Waals surface area (Å²) in [6.07, 6.45) is 7.59. The summed E-state index contributed by atoms with van der Waals surface area (Å²) in [7, 11) is 1.81. The number of H-pyrrole nitrogens is 1. The fraction of sp³-hybridized carbons (Fsp3) is 0.389. The number of fused-ring (bicyclic) bond motifs is 2. The van der Waals surface area contributed by atoms with Crippen LogP contribution in [0.4, 0.5) is 11.5 Å². The van der Waals surface area contributed by atoms with Crippen molar-refractivity contribution in [3.8, 4) is 0 Å². The number of amides is 1. The number of aromatic nitrogens is 5. The molecule has 1 spiro atoms. The van der Waals surface area contributed by atoms with E-state index in [1.807, 2.05) is 12.1 Å². The normalized spacial score (nSPS) is 18.0. The maximum absolute atomic E-state index is 13.4. The largest absolute Gasteiger partial charge is 0.335 e. The molecule has 0 unspecified atom stereocenters. The van der Waals surface area contributed by atoms with E-state index in [2.05, 4.69) is 30.8 Å². The van der Waals surface area contributed by atoms with E-state index < -0.39 is 5.66 Å². The van der Waals surface area contributed by atoms with Crippen LogP contribution in [0.5, 0.6) is 0 Å². The number of rotatable bonds is 2. The summed E-state index contributed by atoms with van der Waals surface area (Å²) in [4.78, 5) is 34.5. The summed E-state index contributed by atoms with van der Waals surface area (Å²) < 4.78 is 1.38. The van der Waals surface area contributed by atoms with Gasteiger partial charge >= 0.3 is 0 Å². The van der Waals surface area contributed by atoms with Crippen LogP contribution in [0, 0.1) is 0 Å². The van der Waals surface area contributed by atoms with E-state index in [1.165, 1.54) is 17.1 Å². The Morgan fingerprint density at radius 3 is 2.79 bits per heavy atom. The van der Waals surface area contributed by atoms with Gasteiger partial charge in [-0.15, -0.1) is 0 Å². The van der Waals surface area contributed by atoms with Crippen molar-refractivity contribution in [2.75, 3.05) is 17.4 Å². The van der Waals surface area contributed by atoms with Crippen LogP contribution in [0.25, 0.3) is 11.0 Å². The standard InChI is InChI=1S/C18H19ClN8O2/c1-26-18(5-3-2-4-6-18)24-16(28)13-11(19)7-12(17(29)27(13)26)23-14-10-8-22-25-15(10)21-9-20-14/h7-9H,2-6H2,1H3,(H,24,28)(H2,20,21,22,23,25). The lowest BCUT2D eigenvalue weighted by Gasteiger charge is -2.49. The Bertz CT molecular complexity index is 1180. The number of pyridine rings is 1. The van der Waals surface area contributed by atoms with Crippen LogP contribution in [-0.2, 0) is 0 Å². The first-order valence-electron chi connectivity index (χ1n) is 9.43. The van der Waals surface area contributed by atoms with Crippen molar-refractivity contribution in [1.82, 2.24) is 30.2 Å². The van der Waals surface area contributed by atoms with Gasteiger partial charge in [-0.05, 0) is 31.7 Å². The fourth-order valence-corrected chi connectivity index (χ4v) is 4.55. The van der Waals surface area contributed by atoms with Gasteiger partial charge < -0.3 is 10.6 Å². The molecule has 150 valence electrons. The molecule has 1 aliphatic carbocycles. The van der Waals surface area contributed by atoms with E-state index >= 15 is 0 Å². The Labute approximate surface area is 170 Å². The van der Waals surface area contributed by atoms with Crippen LogP contribution < -0.4 is 21.2 Å². The molecule has 1 saturated carbocycles. The lowest BCUT2D eigenvalue weighted by atomic mass is 9.87. The number of nitrogens with zero attached hydrogens (tertiary/aromatic N) is 5. The van der Waals surface area contributed by atoms with Gasteiger partial charge in [0.2, 0.25) is 0 Å². The minimum absolute atomic E-state index is 0.136. The van der Waals surface area contributed by atoms with E-state index in [9.17, 15) is 9.59 Å². The average molecular weight is 415 g/mol. The quantitative estimate of drug-likeness (QED) is 0.585. The zero-order chi connectivity index (χ0) is 20.2.